The van der Waals surface area contributed by atoms with Crippen LogP contribution in [0.4, 0.5) is 4.79 Å². The number of amides is 5. The minimum atomic E-state index is -0.959. The van der Waals surface area contributed by atoms with Crippen LogP contribution in [0.5, 0.6) is 0 Å². The van der Waals surface area contributed by atoms with Crippen molar-refractivity contribution in [1.82, 2.24) is 21.2 Å². The fraction of sp³-hybridized carbons (Fsp3) is 0.600. The summed E-state index contributed by atoms with van der Waals surface area (Å²) >= 11 is 0. The minimum Gasteiger partial charge on any atom is -0.350 e. The number of hydrazine groups is 1. The summed E-state index contributed by atoms with van der Waals surface area (Å²) in [6.07, 6.45) is 10.2. The van der Waals surface area contributed by atoms with E-state index in [1.54, 1.807) is 0 Å². The van der Waals surface area contributed by atoms with Crippen molar-refractivity contribution in [2.45, 2.75) is 89.9 Å². The molecule has 5 amide bonds. The number of hydrogen-bond acceptors (Lipinski definition) is 6. The molecule has 1 aromatic rings. The maximum absolute atomic E-state index is 13.7. The van der Waals surface area contributed by atoms with E-state index in [-0.39, 0.29) is 12.3 Å². The first kappa shape index (κ1) is 29.7. The van der Waals surface area contributed by atoms with Crippen molar-refractivity contribution in [2.24, 2.45) is 17.8 Å². The van der Waals surface area contributed by atoms with E-state index in [0.29, 0.717) is 32.3 Å². The summed E-state index contributed by atoms with van der Waals surface area (Å²) in [4.78, 5) is 58.9. The molecule has 3 N–H and O–H groups in total. The number of benzene rings is 1. The van der Waals surface area contributed by atoms with E-state index in [4.69, 9.17) is 9.57 Å². The van der Waals surface area contributed by atoms with Crippen LogP contribution in [0.1, 0.15) is 83.6 Å². The molecular weight excluding hydrogens is 512 g/mol. The van der Waals surface area contributed by atoms with Crippen LogP contribution < -0.4 is 16.2 Å². The van der Waals surface area contributed by atoms with E-state index in [1.165, 1.54) is 0 Å². The molecule has 1 unspecified atom stereocenters. The van der Waals surface area contributed by atoms with Crippen LogP contribution in [0.25, 0.3) is 6.08 Å². The van der Waals surface area contributed by atoms with Crippen molar-refractivity contribution in [3.8, 4) is 0 Å². The second kappa shape index (κ2) is 13.9. The minimum absolute atomic E-state index is 0.0690. The van der Waals surface area contributed by atoms with Gasteiger partial charge >= 0.3 is 6.03 Å². The Bertz CT molecular complexity index is 1060. The molecule has 0 bridgehead atoms. The van der Waals surface area contributed by atoms with Crippen LogP contribution in [0, 0.1) is 17.8 Å². The molecule has 0 aromatic heterocycles. The number of rotatable bonds is 11. The molecular formula is C30H42N4O6. The van der Waals surface area contributed by atoms with Crippen molar-refractivity contribution in [2.75, 3.05) is 6.61 Å². The topological polar surface area (TPSA) is 126 Å². The molecule has 2 aliphatic heterocycles. The van der Waals surface area contributed by atoms with E-state index in [1.807, 2.05) is 56.3 Å². The molecule has 1 aromatic carbocycles. The lowest BCUT2D eigenvalue weighted by Crippen LogP contribution is -2.53. The number of carbonyl (C=O) groups is 4. The van der Waals surface area contributed by atoms with Gasteiger partial charge in [0, 0.05) is 13.0 Å². The molecule has 0 radical (unpaired) electrons. The largest absolute Gasteiger partial charge is 0.350 e. The van der Waals surface area contributed by atoms with E-state index in [0.717, 1.165) is 42.7 Å². The highest BCUT2D eigenvalue weighted by atomic mass is 16.8. The molecule has 10 nitrogen and oxygen atoms in total. The molecule has 3 aliphatic rings. The molecule has 4 rings (SSSR count). The average molecular weight is 555 g/mol. The van der Waals surface area contributed by atoms with Crippen molar-refractivity contribution in [3.63, 3.8) is 0 Å². The smallest absolute Gasteiger partial charge is 0.344 e. The normalized spacial score (nSPS) is 22.4. The summed E-state index contributed by atoms with van der Waals surface area (Å²) in [7, 11) is 0. The third-order valence-electron chi connectivity index (χ3n) is 7.90. The van der Waals surface area contributed by atoms with Crippen LogP contribution in [-0.2, 0) is 24.0 Å². The number of carbonyl (C=O) groups excluding carboxylic acids is 4. The number of hydrogen-bond donors (Lipinski definition) is 3. The zero-order chi connectivity index (χ0) is 28.5. The number of urea groups is 1. The van der Waals surface area contributed by atoms with Gasteiger partial charge in [-0.25, -0.2) is 15.1 Å². The Kier molecular flexibility index (Phi) is 10.3. The Hall–Kier alpha value is -3.24. The van der Waals surface area contributed by atoms with E-state index in [2.05, 4.69) is 16.2 Å². The number of allylic oxidation sites excluding steroid dienone is 1. The van der Waals surface area contributed by atoms with Gasteiger partial charge in [0.05, 0.1) is 11.8 Å². The predicted molar refractivity (Wildman–Crippen MR) is 149 cm³/mol. The molecule has 3 fully saturated rings. The molecule has 3 atom stereocenters. The Balaban J connectivity index is 1.51. The van der Waals surface area contributed by atoms with Gasteiger partial charge in [-0.2, -0.15) is 5.01 Å². The molecule has 1 aliphatic carbocycles. The van der Waals surface area contributed by atoms with Gasteiger partial charge in [-0.05, 0) is 50.0 Å². The van der Waals surface area contributed by atoms with Crippen LogP contribution in [0.3, 0.4) is 0 Å². The van der Waals surface area contributed by atoms with Gasteiger partial charge in [0.25, 0.3) is 5.91 Å². The molecule has 1 spiro atoms. The summed E-state index contributed by atoms with van der Waals surface area (Å²) in [5.41, 5.74) is 5.11. The molecule has 218 valence electrons. The van der Waals surface area contributed by atoms with Crippen LogP contribution >= 0.6 is 0 Å². The zero-order valence-electron chi connectivity index (χ0n) is 23.5. The summed E-state index contributed by atoms with van der Waals surface area (Å²) in [5.74, 6) is -2.99. The average Bonchev–Trinajstić information content (AvgIpc) is 3.17. The van der Waals surface area contributed by atoms with E-state index < -0.39 is 47.4 Å². The molecule has 1 saturated carbocycles. The van der Waals surface area contributed by atoms with Crippen LogP contribution in [0.2, 0.25) is 0 Å². The van der Waals surface area contributed by atoms with Crippen LogP contribution in [0.15, 0.2) is 36.4 Å². The fourth-order valence-electron chi connectivity index (χ4n) is 5.74. The molecule has 2 saturated heterocycles. The van der Waals surface area contributed by atoms with E-state index in [9.17, 15) is 19.2 Å². The van der Waals surface area contributed by atoms with Crippen molar-refractivity contribution in [3.05, 3.63) is 42.0 Å². The third-order valence-corrected chi connectivity index (χ3v) is 7.90. The standard InChI is InChI=1S/C30H42N4O6/c1-21(2)20-24(26(35)32-34-28(37)30(31-29(34)38)17-8-4-9-18-30)23(15-11-14-22-12-5-3-6-13-22)27(36)33-40-25-16-7-10-19-39-25/h3,5-6,11-14,21,23-25H,4,7-10,15-20H2,1-2H3,(H,31,38)(H,32,35)(H,33,36)/b14-11+/t23-,24+,25?/m0/s1. The van der Waals surface area contributed by atoms with Crippen molar-refractivity contribution >= 4 is 29.8 Å². The van der Waals surface area contributed by atoms with Crippen LogP contribution in [-0.4, -0.2) is 47.2 Å². The maximum atomic E-state index is 13.7. The van der Waals surface area contributed by atoms with E-state index >= 15 is 0 Å². The second-order valence-electron chi connectivity index (χ2n) is 11.5. The first-order valence-corrected chi connectivity index (χ1v) is 14.5. The summed E-state index contributed by atoms with van der Waals surface area (Å²) in [6.45, 7) is 4.49. The Labute approximate surface area is 236 Å². The molecule has 2 heterocycles. The lowest BCUT2D eigenvalue weighted by Gasteiger charge is -2.31. The van der Waals surface area contributed by atoms with Gasteiger partial charge in [-0.3, -0.25) is 19.8 Å². The predicted octanol–water partition coefficient (Wildman–Crippen LogP) is 4.23. The Morgan fingerprint density at radius 2 is 1.82 bits per heavy atom. The highest BCUT2D eigenvalue weighted by molar-refractivity contribution is 6.08. The van der Waals surface area contributed by atoms with Gasteiger partial charge < -0.3 is 10.1 Å². The number of imide groups is 1. The highest BCUT2D eigenvalue weighted by Gasteiger charge is 2.52. The third kappa shape index (κ3) is 7.48. The first-order chi connectivity index (χ1) is 19.3. The monoisotopic (exact) mass is 554 g/mol. The van der Waals surface area contributed by atoms with Gasteiger partial charge in [-0.15, -0.1) is 0 Å². The number of ether oxygens (including phenoxy) is 1. The summed E-state index contributed by atoms with van der Waals surface area (Å²) < 4.78 is 5.57. The van der Waals surface area contributed by atoms with Gasteiger partial charge in [-0.1, -0.05) is 75.6 Å². The van der Waals surface area contributed by atoms with Gasteiger partial charge in [0.15, 0.2) is 6.29 Å². The quantitative estimate of drug-likeness (QED) is 0.278. The number of nitrogens with one attached hydrogen (secondary N) is 3. The Morgan fingerprint density at radius 1 is 1.07 bits per heavy atom. The Morgan fingerprint density at radius 3 is 2.50 bits per heavy atom. The van der Waals surface area contributed by atoms with Gasteiger partial charge in [0.1, 0.15) is 5.54 Å². The SMILES string of the molecule is CC(C)C[C@@H](C(=O)NN1C(=O)NC2(CCCCC2)C1=O)[C@H](C/C=C/c1ccccc1)C(=O)NOC1CCCCO1. The highest BCUT2D eigenvalue weighted by Crippen LogP contribution is 2.33. The number of nitrogens with zero attached hydrogens (tertiary/aromatic N) is 1. The first-order valence-electron chi connectivity index (χ1n) is 14.5. The number of hydroxylamine groups is 1. The summed E-state index contributed by atoms with van der Waals surface area (Å²) in [5, 5.41) is 3.62. The molecule has 40 heavy (non-hydrogen) atoms. The lowest BCUT2D eigenvalue weighted by atomic mass is 9.81. The van der Waals surface area contributed by atoms with Crippen molar-refractivity contribution < 1.29 is 28.8 Å². The van der Waals surface area contributed by atoms with Gasteiger partial charge in [0.2, 0.25) is 11.8 Å². The molecule has 10 heteroatoms. The fourth-order valence-corrected chi connectivity index (χ4v) is 5.74. The lowest BCUT2D eigenvalue weighted by molar-refractivity contribution is -0.203. The maximum Gasteiger partial charge on any atom is 0.344 e. The second-order valence-corrected chi connectivity index (χ2v) is 11.5. The van der Waals surface area contributed by atoms with Crippen molar-refractivity contribution in [1.29, 1.82) is 0 Å². The summed E-state index contributed by atoms with van der Waals surface area (Å²) in [6, 6.07) is 9.04. The zero-order valence-corrected chi connectivity index (χ0v) is 23.5.